The number of rotatable bonds is 3. The Morgan fingerprint density at radius 3 is 2.06 bits per heavy atom. The van der Waals surface area contributed by atoms with Gasteiger partial charge < -0.3 is 4.74 Å². The zero-order valence-electron chi connectivity index (χ0n) is 17.5. The second kappa shape index (κ2) is 7.78. The van der Waals surface area contributed by atoms with Gasteiger partial charge in [0.15, 0.2) is 11.6 Å². The second-order valence-corrected chi connectivity index (χ2v) is 8.95. The Balaban J connectivity index is 1.58. The van der Waals surface area contributed by atoms with E-state index in [1.165, 1.54) is 17.7 Å². The van der Waals surface area contributed by atoms with E-state index in [0.717, 1.165) is 5.56 Å². The highest BCUT2D eigenvalue weighted by atomic mass is 35.5. The van der Waals surface area contributed by atoms with Crippen molar-refractivity contribution in [2.75, 3.05) is 0 Å². The van der Waals surface area contributed by atoms with E-state index in [9.17, 15) is 14.4 Å². The highest BCUT2D eigenvalue weighted by Gasteiger charge is 2.33. The number of benzene rings is 3. The number of carbonyl (C=O) groups excluding carboxylic acids is 3. The molecule has 0 aromatic heterocycles. The number of carbonyl (C=O) groups is 3. The van der Waals surface area contributed by atoms with Crippen LogP contribution in [0.25, 0.3) is 0 Å². The van der Waals surface area contributed by atoms with E-state index in [2.05, 4.69) is 20.8 Å². The van der Waals surface area contributed by atoms with E-state index >= 15 is 0 Å². The Morgan fingerprint density at radius 1 is 0.839 bits per heavy atom. The van der Waals surface area contributed by atoms with Crippen molar-refractivity contribution >= 4 is 29.1 Å². The summed E-state index contributed by atoms with van der Waals surface area (Å²) in [5.74, 6) is -1.31. The van der Waals surface area contributed by atoms with Gasteiger partial charge >= 0.3 is 5.97 Å². The zero-order valence-corrected chi connectivity index (χ0v) is 18.2. The van der Waals surface area contributed by atoms with Gasteiger partial charge in [0, 0.05) is 16.7 Å². The first kappa shape index (κ1) is 21.0. The normalized spacial score (nSPS) is 12.9. The van der Waals surface area contributed by atoms with Crippen LogP contribution in [0, 0.1) is 0 Å². The van der Waals surface area contributed by atoms with Crippen molar-refractivity contribution in [3.63, 3.8) is 0 Å². The van der Waals surface area contributed by atoms with E-state index in [-0.39, 0.29) is 50.9 Å². The number of fused-ring (bicyclic) bond motifs is 2. The fourth-order valence-corrected chi connectivity index (χ4v) is 3.96. The number of hydrogen-bond acceptors (Lipinski definition) is 4. The third kappa shape index (κ3) is 3.79. The van der Waals surface area contributed by atoms with Gasteiger partial charge in [-0.15, -0.1) is 0 Å². The molecule has 0 heterocycles. The summed E-state index contributed by atoms with van der Waals surface area (Å²) in [6, 6.07) is 17.3. The van der Waals surface area contributed by atoms with Crippen LogP contribution in [0.15, 0.2) is 60.7 Å². The molecule has 3 aromatic carbocycles. The zero-order chi connectivity index (χ0) is 22.3. The maximum Gasteiger partial charge on any atom is 0.340 e. The van der Waals surface area contributed by atoms with Crippen molar-refractivity contribution in [1.29, 1.82) is 0 Å². The lowest BCUT2D eigenvalue weighted by Crippen LogP contribution is -2.22. The van der Waals surface area contributed by atoms with E-state index in [1.807, 2.05) is 24.3 Å². The molecule has 0 atom stereocenters. The predicted octanol–water partition coefficient (Wildman–Crippen LogP) is 5.77. The van der Waals surface area contributed by atoms with Crippen LogP contribution in [-0.4, -0.2) is 17.5 Å². The topological polar surface area (TPSA) is 60.4 Å². The lowest BCUT2D eigenvalue weighted by Gasteiger charge is -2.20. The van der Waals surface area contributed by atoms with Crippen molar-refractivity contribution in [2.45, 2.75) is 32.8 Å². The average molecular weight is 433 g/mol. The van der Waals surface area contributed by atoms with Crippen LogP contribution in [0.3, 0.4) is 0 Å². The summed E-state index contributed by atoms with van der Waals surface area (Å²) in [5, 5.41) is -0.0570. The lowest BCUT2D eigenvalue weighted by atomic mass is 9.83. The standard InChI is InChI=1S/C26H21ClO4/c1-26(2,3)16-10-8-15(9-11-16)14-31-25(30)20-13-12-19-21(22(20)27)24(29)18-7-5-4-6-17(18)23(19)28/h4-13H,14H2,1-3H3. The minimum atomic E-state index is -0.646. The molecule has 0 bridgehead atoms. The quantitative estimate of drug-likeness (QED) is 0.385. The van der Waals surface area contributed by atoms with Crippen LogP contribution >= 0.6 is 11.6 Å². The van der Waals surface area contributed by atoms with Crippen molar-refractivity contribution in [1.82, 2.24) is 0 Å². The van der Waals surface area contributed by atoms with Crippen LogP contribution in [0.4, 0.5) is 0 Å². The minimum absolute atomic E-state index is 0.0362. The first-order valence-electron chi connectivity index (χ1n) is 9.96. The van der Waals surface area contributed by atoms with Crippen LogP contribution in [-0.2, 0) is 16.8 Å². The molecule has 0 saturated heterocycles. The van der Waals surface area contributed by atoms with Gasteiger partial charge in [-0.2, -0.15) is 0 Å². The highest BCUT2D eigenvalue weighted by Crippen LogP contribution is 2.34. The van der Waals surface area contributed by atoms with Crippen LogP contribution < -0.4 is 0 Å². The molecule has 0 amide bonds. The summed E-state index contributed by atoms with van der Waals surface area (Å²) in [6.45, 7) is 6.46. The van der Waals surface area contributed by atoms with Crippen LogP contribution in [0.5, 0.6) is 0 Å². The maximum atomic E-state index is 13.0. The molecule has 31 heavy (non-hydrogen) atoms. The number of ketones is 2. The Labute approximate surface area is 185 Å². The Bertz CT molecular complexity index is 1220. The summed E-state index contributed by atoms with van der Waals surface area (Å²) in [6.07, 6.45) is 0. The SMILES string of the molecule is CC(C)(C)c1ccc(COC(=O)c2ccc3c(c2Cl)C(=O)c2ccccc2C3=O)cc1. The summed E-state index contributed by atoms with van der Waals surface area (Å²) in [4.78, 5) is 38.4. The third-order valence-corrected chi connectivity index (χ3v) is 5.83. The Hall–Kier alpha value is -3.24. The van der Waals surface area contributed by atoms with Crippen molar-refractivity contribution in [3.05, 3.63) is 105 Å². The minimum Gasteiger partial charge on any atom is -0.457 e. The largest absolute Gasteiger partial charge is 0.457 e. The molecule has 0 spiro atoms. The molecule has 156 valence electrons. The summed E-state index contributed by atoms with van der Waals surface area (Å²) < 4.78 is 5.42. The number of ether oxygens (including phenoxy) is 1. The molecule has 1 aliphatic rings. The van der Waals surface area contributed by atoms with Crippen molar-refractivity contribution in [3.8, 4) is 0 Å². The smallest absolute Gasteiger partial charge is 0.340 e. The maximum absolute atomic E-state index is 13.0. The molecule has 3 aromatic rings. The summed E-state index contributed by atoms with van der Waals surface area (Å²) in [5.41, 5.74) is 2.99. The van der Waals surface area contributed by atoms with Gasteiger partial charge in [-0.25, -0.2) is 4.79 Å². The molecule has 0 fully saturated rings. The van der Waals surface area contributed by atoms with Gasteiger partial charge in [0.05, 0.1) is 16.1 Å². The molecule has 5 heteroatoms. The van der Waals surface area contributed by atoms with Crippen molar-refractivity contribution in [2.24, 2.45) is 0 Å². The highest BCUT2D eigenvalue weighted by molar-refractivity contribution is 6.41. The fourth-order valence-electron chi connectivity index (χ4n) is 3.63. The fraction of sp³-hybridized carbons (Fsp3) is 0.192. The van der Waals surface area contributed by atoms with Gasteiger partial charge in [-0.05, 0) is 28.7 Å². The van der Waals surface area contributed by atoms with E-state index in [0.29, 0.717) is 5.56 Å². The monoisotopic (exact) mass is 432 g/mol. The van der Waals surface area contributed by atoms with Crippen LogP contribution in [0.1, 0.15) is 74.1 Å². The average Bonchev–Trinajstić information content (AvgIpc) is 2.75. The van der Waals surface area contributed by atoms with Gasteiger partial charge in [0.1, 0.15) is 6.61 Å². The molecule has 0 N–H and O–H groups in total. The summed E-state index contributed by atoms with van der Waals surface area (Å²) in [7, 11) is 0. The van der Waals surface area contributed by atoms with Gasteiger partial charge in [-0.1, -0.05) is 80.9 Å². The van der Waals surface area contributed by atoms with E-state index in [4.69, 9.17) is 16.3 Å². The van der Waals surface area contributed by atoms with Gasteiger partial charge in [0.25, 0.3) is 0 Å². The molecule has 4 rings (SSSR count). The van der Waals surface area contributed by atoms with Gasteiger partial charge in [-0.3, -0.25) is 9.59 Å². The molecular formula is C26H21ClO4. The number of hydrogen-bond donors (Lipinski definition) is 0. The lowest BCUT2D eigenvalue weighted by molar-refractivity contribution is 0.0472. The van der Waals surface area contributed by atoms with Gasteiger partial charge in [0.2, 0.25) is 0 Å². The Morgan fingerprint density at radius 2 is 1.45 bits per heavy atom. The summed E-state index contributed by atoms with van der Waals surface area (Å²) >= 11 is 6.43. The molecule has 1 aliphatic carbocycles. The number of halogens is 1. The van der Waals surface area contributed by atoms with Crippen molar-refractivity contribution < 1.29 is 19.1 Å². The molecule has 0 aliphatic heterocycles. The first-order chi connectivity index (χ1) is 14.7. The third-order valence-electron chi connectivity index (χ3n) is 5.44. The second-order valence-electron chi connectivity index (χ2n) is 8.58. The van der Waals surface area contributed by atoms with E-state index in [1.54, 1.807) is 24.3 Å². The number of esters is 1. The molecule has 0 unspecified atom stereocenters. The predicted molar refractivity (Wildman–Crippen MR) is 119 cm³/mol. The molecule has 4 nitrogen and oxygen atoms in total. The first-order valence-corrected chi connectivity index (χ1v) is 10.3. The molecular weight excluding hydrogens is 412 g/mol. The molecule has 0 radical (unpaired) electrons. The molecule has 0 saturated carbocycles. The van der Waals surface area contributed by atoms with E-state index < -0.39 is 5.97 Å². The Kier molecular flexibility index (Phi) is 5.28. The van der Waals surface area contributed by atoms with Crippen LogP contribution in [0.2, 0.25) is 5.02 Å².